The number of alkyl halides is 6. The lowest BCUT2D eigenvalue weighted by Crippen LogP contribution is -2.18. The molecule has 3 aromatic rings. The van der Waals surface area contributed by atoms with E-state index >= 15 is 0 Å². The van der Waals surface area contributed by atoms with E-state index < -0.39 is 29.4 Å². The van der Waals surface area contributed by atoms with Gasteiger partial charge in [0, 0.05) is 38.5 Å². The van der Waals surface area contributed by atoms with Crippen LogP contribution in [-0.4, -0.2) is 45.8 Å². The first-order valence-electron chi connectivity index (χ1n) is 10.1. The fraction of sp³-hybridized carbons (Fsp3) is 0.500. The maximum atomic E-state index is 13.0. The Balaban J connectivity index is 0.000000343. The van der Waals surface area contributed by atoms with Gasteiger partial charge in [0.1, 0.15) is 16.2 Å². The third-order valence-corrected chi connectivity index (χ3v) is 5.59. The standard InChI is InChI=1S/C13H11F3N6OS.C6H10F2.CH3F/c1-17-8-3-18-12-9(20-8)6(5-24-12)11(23)19-7-4-22(2)21-10(7)13(14,15)16;7-6(8)4-2-1-3-5-6;1-2/h3-5H,1-2H3,(H,17,20)(H,19,23);1-5H2;1H3. The molecule has 0 spiro atoms. The van der Waals surface area contributed by atoms with Crippen LogP contribution in [0.15, 0.2) is 17.8 Å². The number of fused-ring (bicyclic) bond motifs is 1. The van der Waals surface area contributed by atoms with Crippen molar-refractivity contribution in [3.63, 3.8) is 0 Å². The summed E-state index contributed by atoms with van der Waals surface area (Å²) in [7, 11) is 3.49. The molecule has 0 saturated heterocycles. The van der Waals surface area contributed by atoms with E-state index in [1.165, 1.54) is 30.0 Å². The molecule has 14 heteroatoms. The molecule has 1 aliphatic carbocycles. The van der Waals surface area contributed by atoms with Gasteiger partial charge in [-0.2, -0.15) is 18.3 Å². The van der Waals surface area contributed by atoms with E-state index in [4.69, 9.17) is 0 Å². The second kappa shape index (κ2) is 11.5. The minimum atomic E-state index is -4.67. The van der Waals surface area contributed by atoms with Crippen molar-refractivity contribution in [2.45, 2.75) is 44.2 Å². The quantitative estimate of drug-likeness (QED) is 0.428. The summed E-state index contributed by atoms with van der Waals surface area (Å²) in [6.07, 6.45) is 0.596. The van der Waals surface area contributed by atoms with Gasteiger partial charge in [0.15, 0.2) is 5.69 Å². The minimum Gasteiger partial charge on any atom is -0.372 e. The number of aromatic nitrogens is 4. The number of aryl methyl sites for hydroxylation is 1. The molecule has 1 saturated carbocycles. The Morgan fingerprint density at radius 1 is 1.18 bits per heavy atom. The molecule has 0 aliphatic heterocycles. The molecule has 0 radical (unpaired) electrons. The van der Waals surface area contributed by atoms with E-state index in [-0.39, 0.29) is 18.4 Å². The van der Waals surface area contributed by atoms with Gasteiger partial charge in [0.05, 0.1) is 24.6 Å². The number of nitrogens with zero attached hydrogens (tertiary/aromatic N) is 4. The zero-order valence-electron chi connectivity index (χ0n) is 18.6. The number of hydrogen-bond donors (Lipinski definition) is 2. The SMILES string of the molecule is CF.CNc1cnc2scc(C(=O)Nc3cn(C)nc3C(F)(F)F)c2n1.FC1(F)CCCCC1. The van der Waals surface area contributed by atoms with Crippen molar-refractivity contribution < 1.29 is 31.1 Å². The van der Waals surface area contributed by atoms with Gasteiger partial charge in [-0.3, -0.25) is 13.9 Å². The zero-order chi connectivity index (χ0) is 25.5. The molecule has 34 heavy (non-hydrogen) atoms. The topological polar surface area (TPSA) is 84.7 Å². The highest BCUT2D eigenvalue weighted by Crippen LogP contribution is 2.34. The van der Waals surface area contributed by atoms with E-state index in [1.54, 1.807) is 7.05 Å². The first-order chi connectivity index (χ1) is 16.0. The van der Waals surface area contributed by atoms with Crippen LogP contribution in [0.3, 0.4) is 0 Å². The third-order valence-electron chi connectivity index (χ3n) is 4.71. The Hall–Kier alpha value is -2.90. The zero-order valence-corrected chi connectivity index (χ0v) is 19.5. The number of carbonyl (C=O) groups is 1. The highest BCUT2D eigenvalue weighted by Gasteiger charge is 2.38. The molecule has 0 bridgehead atoms. The molecular formula is C20H24F6N6OS. The molecule has 2 N–H and O–H groups in total. The Labute approximate surface area is 195 Å². The number of amides is 1. The first-order valence-corrected chi connectivity index (χ1v) is 11.0. The second-order valence-corrected chi connectivity index (χ2v) is 8.10. The number of anilines is 2. The average Bonchev–Trinajstić information content (AvgIpc) is 3.38. The fourth-order valence-electron chi connectivity index (χ4n) is 3.14. The smallest absolute Gasteiger partial charge is 0.372 e. The van der Waals surface area contributed by atoms with Crippen molar-refractivity contribution in [3.8, 4) is 0 Å². The number of halogens is 6. The molecule has 1 amide bonds. The Kier molecular flexibility index (Phi) is 9.24. The summed E-state index contributed by atoms with van der Waals surface area (Å²) in [5.41, 5.74) is -1.09. The molecule has 0 aromatic carbocycles. The monoisotopic (exact) mass is 510 g/mol. The van der Waals surface area contributed by atoms with E-state index in [0.29, 0.717) is 36.2 Å². The Bertz CT molecular complexity index is 1090. The van der Waals surface area contributed by atoms with Crippen LogP contribution >= 0.6 is 11.3 Å². The van der Waals surface area contributed by atoms with Crippen LogP contribution in [0.2, 0.25) is 0 Å². The third kappa shape index (κ3) is 7.05. The van der Waals surface area contributed by atoms with Gasteiger partial charge in [-0.05, 0) is 12.8 Å². The summed E-state index contributed by atoms with van der Waals surface area (Å²) < 4.78 is 73.7. The summed E-state index contributed by atoms with van der Waals surface area (Å²) >= 11 is 1.18. The van der Waals surface area contributed by atoms with E-state index in [0.717, 1.165) is 17.3 Å². The lowest BCUT2D eigenvalue weighted by atomic mass is 9.97. The van der Waals surface area contributed by atoms with Crippen molar-refractivity contribution in [2.75, 3.05) is 24.9 Å². The summed E-state index contributed by atoms with van der Waals surface area (Å²) in [5.74, 6) is -2.58. The predicted molar refractivity (Wildman–Crippen MR) is 118 cm³/mol. The van der Waals surface area contributed by atoms with Crippen LogP contribution in [0, 0.1) is 0 Å². The highest BCUT2D eigenvalue weighted by molar-refractivity contribution is 7.17. The molecule has 3 aromatic heterocycles. The van der Waals surface area contributed by atoms with Crippen molar-refractivity contribution in [1.82, 2.24) is 19.7 Å². The van der Waals surface area contributed by atoms with Crippen molar-refractivity contribution in [3.05, 3.63) is 29.0 Å². The molecule has 4 rings (SSSR count). The largest absolute Gasteiger partial charge is 0.437 e. The summed E-state index contributed by atoms with van der Waals surface area (Å²) in [6, 6.07) is 0. The number of hydrogen-bond acceptors (Lipinski definition) is 6. The van der Waals surface area contributed by atoms with E-state index in [1.807, 2.05) is 0 Å². The van der Waals surface area contributed by atoms with Crippen LogP contribution < -0.4 is 10.6 Å². The van der Waals surface area contributed by atoms with Gasteiger partial charge in [-0.1, -0.05) is 6.42 Å². The van der Waals surface area contributed by atoms with Gasteiger partial charge in [-0.25, -0.2) is 18.7 Å². The number of nitrogens with one attached hydrogen (secondary N) is 2. The van der Waals surface area contributed by atoms with Gasteiger partial charge < -0.3 is 10.6 Å². The minimum absolute atomic E-state index is 0.118. The highest BCUT2D eigenvalue weighted by atomic mass is 32.1. The van der Waals surface area contributed by atoms with Crippen LogP contribution in [0.5, 0.6) is 0 Å². The molecule has 1 fully saturated rings. The van der Waals surface area contributed by atoms with Gasteiger partial charge >= 0.3 is 6.18 Å². The first kappa shape index (κ1) is 27.3. The average molecular weight is 511 g/mol. The van der Waals surface area contributed by atoms with Gasteiger partial charge in [0.2, 0.25) is 5.92 Å². The molecule has 1 aliphatic rings. The predicted octanol–water partition coefficient (Wildman–Crippen LogP) is 5.91. The fourth-order valence-corrected chi connectivity index (χ4v) is 3.97. The lowest BCUT2D eigenvalue weighted by molar-refractivity contribution is -0.140. The summed E-state index contributed by atoms with van der Waals surface area (Å²) in [6.45, 7) is 0. The normalized spacial score (nSPS) is 15.0. The summed E-state index contributed by atoms with van der Waals surface area (Å²) in [5, 5.41) is 9.89. The number of carbonyl (C=O) groups excluding carboxylic acids is 1. The van der Waals surface area contributed by atoms with E-state index in [9.17, 15) is 31.1 Å². The maximum Gasteiger partial charge on any atom is 0.437 e. The molecule has 188 valence electrons. The van der Waals surface area contributed by atoms with Gasteiger partial charge in [-0.15, -0.1) is 11.3 Å². The molecule has 0 unspecified atom stereocenters. The van der Waals surface area contributed by atoms with Crippen LogP contribution in [-0.2, 0) is 13.2 Å². The van der Waals surface area contributed by atoms with E-state index in [2.05, 4.69) is 25.7 Å². The number of rotatable bonds is 3. The maximum absolute atomic E-state index is 13.0. The van der Waals surface area contributed by atoms with Crippen LogP contribution in [0.25, 0.3) is 10.3 Å². The Morgan fingerprint density at radius 2 is 1.82 bits per heavy atom. The van der Waals surface area contributed by atoms with Crippen molar-refractivity contribution in [2.24, 2.45) is 7.05 Å². The van der Waals surface area contributed by atoms with Crippen molar-refractivity contribution >= 4 is 39.1 Å². The molecule has 0 atom stereocenters. The Morgan fingerprint density at radius 3 is 2.35 bits per heavy atom. The molecule has 3 heterocycles. The number of thiophene rings is 1. The molecular weight excluding hydrogens is 486 g/mol. The summed E-state index contributed by atoms with van der Waals surface area (Å²) in [4.78, 5) is 21.3. The van der Waals surface area contributed by atoms with Gasteiger partial charge in [0.25, 0.3) is 5.91 Å². The van der Waals surface area contributed by atoms with Crippen molar-refractivity contribution in [1.29, 1.82) is 0 Å². The van der Waals surface area contributed by atoms with Crippen LogP contribution in [0.1, 0.15) is 48.2 Å². The lowest BCUT2D eigenvalue weighted by Gasteiger charge is -2.20. The van der Waals surface area contributed by atoms with Crippen LogP contribution in [0.4, 0.5) is 37.8 Å². The molecule has 7 nitrogen and oxygen atoms in total. The second-order valence-electron chi connectivity index (χ2n) is 7.24.